The van der Waals surface area contributed by atoms with E-state index in [1.807, 2.05) is 0 Å². The normalized spacial score (nSPS) is 33.5. The minimum absolute atomic E-state index is 0.219. The highest BCUT2D eigenvalue weighted by atomic mass is 14.4. The van der Waals surface area contributed by atoms with Gasteiger partial charge >= 0.3 is 0 Å². The molecule has 0 radical (unpaired) electrons. The Morgan fingerprint density at radius 2 is 1.76 bits per heavy atom. The lowest BCUT2D eigenvalue weighted by atomic mass is 9.60. The van der Waals surface area contributed by atoms with Crippen LogP contribution in [0.2, 0.25) is 0 Å². The molecule has 0 nitrogen and oxygen atoms in total. The molecule has 0 bridgehead atoms. The summed E-state index contributed by atoms with van der Waals surface area (Å²) in [6.07, 6.45) is 7.92. The van der Waals surface area contributed by atoms with Gasteiger partial charge in [-0.2, -0.15) is 0 Å². The molecule has 0 aliphatic heterocycles. The van der Waals surface area contributed by atoms with Gasteiger partial charge in [0, 0.05) is 5.41 Å². The van der Waals surface area contributed by atoms with E-state index in [0.717, 1.165) is 6.42 Å². The molecule has 0 spiro atoms. The molecule has 0 aromatic heterocycles. The van der Waals surface area contributed by atoms with Gasteiger partial charge < -0.3 is 0 Å². The van der Waals surface area contributed by atoms with E-state index >= 15 is 0 Å². The van der Waals surface area contributed by atoms with Gasteiger partial charge in [-0.3, -0.25) is 0 Å². The lowest BCUT2D eigenvalue weighted by Gasteiger charge is -2.44. The van der Waals surface area contributed by atoms with Gasteiger partial charge in [0.05, 0.1) is 0 Å². The van der Waals surface area contributed by atoms with Crippen LogP contribution in [0.5, 0.6) is 0 Å². The van der Waals surface area contributed by atoms with Gasteiger partial charge in [0.2, 0.25) is 0 Å². The van der Waals surface area contributed by atoms with E-state index in [-0.39, 0.29) is 5.41 Å². The summed E-state index contributed by atoms with van der Waals surface area (Å²) in [6, 6.07) is 0. The number of hydrogen-bond donors (Lipinski definition) is 0. The van der Waals surface area contributed by atoms with Crippen molar-refractivity contribution < 1.29 is 0 Å². The summed E-state index contributed by atoms with van der Waals surface area (Å²) in [4.78, 5) is 0. The van der Waals surface area contributed by atoms with Crippen molar-refractivity contribution in [3.8, 4) is 0 Å². The van der Waals surface area contributed by atoms with Crippen LogP contribution in [0, 0.1) is 11.3 Å². The Morgan fingerprint density at radius 3 is 2.29 bits per heavy atom. The molecule has 0 fully saturated rings. The Hall–Kier alpha value is -1.04. The van der Waals surface area contributed by atoms with E-state index in [9.17, 15) is 0 Å². The summed E-state index contributed by atoms with van der Waals surface area (Å²) >= 11 is 0. The van der Waals surface area contributed by atoms with Crippen LogP contribution in [0.4, 0.5) is 0 Å². The zero-order valence-electron chi connectivity index (χ0n) is 12.0. The van der Waals surface area contributed by atoms with Crippen LogP contribution in [0.3, 0.4) is 0 Å². The van der Waals surface area contributed by atoms with Crippen molar-refractivity contribution in [3.63, 3.8) is 0 Å². The zero-order chi connectivity index (χ0) is 12.8. The Bertz CT molecular complexity index is 468. The van der Waals surface area contributed by atoms with Crippen molar-refractivity contribution in [1.29, 1.82) is 0 Å². The molecule has 2 rings (SSSR count). The smallest absolute Gasteiger partial charge is 0.0164 e. The minimum atomic E-state index is 0.219. The molecular formula is C17H24. The van der Waals surface area contributed by atoms with Gasteiger partial charge in [-0.25, -0.2) is 0 Å². The average Bonchev–Trinajstić information content (AvgIpc) is 2.85. The van der Waals surface area contributed by atoms with Crippen LogP contribution in [0.1, 0.15) is 48.0 Å². The van der Waals surface area contributed by atoms with Crippen LogP contribution in [-0.2, 0) is 0 Å². The second kappa shape index (κ2) is 4.01. The fourth-order valence-electron chi connectivity index (χ4n) is 3.40. The summed E-state index contributed by atoms with van der Waals surface area (Å²) in [5, 5.41) is 0. The molecule has 17 heavy (non-hydrogen) atoms. The number of allylic oxidation sites excluding steroid dienone is 8. The number of rotatable bonds is 1. The first kappa shape index (κ1) is 12.4. The zero-order valence-corrected chi connectivity index (χ0v) is 12.0. The quantitative estimate of drug-likeness (QED) is 0.578. The highest BCUT2D eigenvalue weighted by molar-refractivity contribution is 5.49. The summed E-state index contributed by atoms with van der Waals surface area (Å²) in [6.45, 7) is 14.0. The lowest BCUT2D eigenvalue weighted by Crippen LogP contribution is -2.33. The lowest BCUT2D eigenvalue weighted by molar-refractivity contribution is 0.338. The first-order chi connectivity index (χ1) is 7.90. The molecule has 0 amide bonds. The third-order valence-corrected chi connectivity index (χ3v) is 5.45. The van der Waals surface area contributed by atoms with E-state index in [1.54, 1.807) is 16.7 Å². The maximum Gasteiger partial charge on any atom is 0.0164 e. The van der Waals surface area contributed by atoms with E-state index in [2.05, 4.69) is 59.8 Å². The Balaban J connectivity index is 2.56. The summed E-state index contributed by atoms with van der Waals surface area (Å²) < 4.78 is 0. The maximum atomic E-state index is 2.42. The van der Waals surface area contributed by atoms with Gasteiger partial charge in [0.1, 0.15) is 0 Å². The molecule has 2 aliphatic rings. The van der Waals surface area contributed by atoms with Gasteiger partial charge in [0.25, 0.3) is 0 Å². The van der Waals surface area contributed by atoms with Gasteiger partial charge in [-0.15, -0.1) is 0 Å². The SMILES string of the molecule is CC1=C(C)C(C)C(C)(C2=CC=CC2)C(C)=C1C. The second-order valence-corrected chi connectivity index (χ2v) is 5.81. The average molecular weight is 228 g/mol. The predicted octanol–water partition coefficient (Wildman–Crippen LogP) is 5.20. The number of hydrogen-bond acceptors (Lipinski definition) is 0. The third-order valence-electron chi connectivity index (χ3n) is 5.45. The topological polar surface area (TPSA) is 0 Å². The molecule has 2 aliphatic carbocycles. The molecule has 0 aromatic rings. The largest absolute Gasteiger partial charge is 0.0804 e. The van der Waals surface area contributed by atoms with Crippen LogP contribution in [0.25, 0.3) is 0 Å². The maximum absolute atomic E-state index is 2.42. The second-order valence-electron chi connectivity index (χ2n) is 5.81. The van der Waals surface area contributed by atoms with Crippen LogP contribution in [-0.4, -0.2) is 0 Å². The first-order valence-electron chi connectivity index (χ1n) is 6.62. The van der Waals surface area contributed by atoms with E-state index < -0.39 is 0 Å². The van der Waals surface area contributed by atoms with E-state index in [1.165, 1.54) is 11.1 Å². The van der Waals surface area contributed by atoms with Gasteiger partial charge in [-0.05, 0) is 51.2 Å². The van der Waals surface area contributed by atoms with Crippen molar-refractivity contribution in [1.82, 2.24) is 0 Å². The van der Waals surface area contributed by atoms with Gasteiger partial charge in [0.15, 0.2) is 0 Å². The molecule has 2 unspecified atom stereocenters. The molecule has 0 aromatic carbocycles. The van der Waals surface area contributed by atoms with Crippen LogP contribution >= 0.6 is 0 Å². The third kappa shape index (κ3) is 1.57. The molecule has 0 saturated heterocycles. The minimum Gasteiger partial charge on any atom is -0.0804 e. The molecule has 92 valence electrons. The first-order valence-corrected chi connectivity index (χ1v) is 6.62. The van der Waals surface area contributed by atoms with Crippen LogP contribution in [0.15, 0.2) is 46.1 Å². The fraction of sp³-hybridized carbons (Fsp3) is 0.529. The van der Waals surface area contributed by atoms with Crippen molar-refractivity contribution in [2.24, 2.45) is 11.3 Å². The van der Waals surface area contributed by atoms with E-state index in [4.69, 9.17) is 0 Å². The molecule has 0 saturated carbocycles. The molecular weight excluding hydrogens is 204 g/mol. The Morgan fingerprint density at radius 1 is 1.12 bits per heavy atom. The molecule has 0 N–H and O–H groups in total. The summed E-state index contributed by atoms with van der Waals surface area (Å²) in [5.74, 6) is 0.609. The Labute approximate surface area is 106 Å². The predicted molar refractivity (Wildman–Crippen MR) is 75.9 cm³/mol. The fourth-order valence-corrected chi connectivity index (χ4v) is 3.40. The summed E-state index contributed by atoms with van der Waals surface area (Å²) in [5.41, 5.74) is 7.91. The monoisotopic (exact) mass is 228 g/mol. The molecule has 0 heterocycles. The van der Waals surface area contributed by atoms with Crippen molar-refractivity contribution in [2.45, 2.75) is 48.0 Å². The van der Waals surface area contributed by atoms with Crippen molar-refractivity contribution in [2.75, 3.05) is 0 Å². The molecule has 0 heteroatoms. The van der Waals surface area contributed by atoms with Crippen molar-refractivity contribution >= 4 is 0 Å². The standard InChI is InChI=1S/C17H24/c1-11-12(2)14(4)17(6,15(5)13(11)3)16-9-7-8-10-16/h7-9,14H,10H2,1-6H3. The molecule has 2 atom stereocenters. The van der Waals surface area contributed by atoms with E-state index in [0.29, 0.717) is 5.92 Å². The highest BCUT2D eigenvalue weighted by Crippen LogP contribution is 2.52. The van der Waals surface area contributed by atoms with Crippen molar-refractivity contribution in [3.05, 3.63) is 46.1 Å². The van der Waals surface area contributed by atoms with Crippen LogP contribution < -0.4 is 0 Å². The van der Waals surface area contributed by atoms with Gasteiger partial charge in [-0.1, -0.05) is 48.8 Å². The Kier molecular flexibility index (Phi) is 2.93. The highest BCUT2D eigenvalue weighted by Gasteiger charge is 2.41. The summed E-state index contributed by atoms with van der Waals surface area (Å²) in [7, 11) is 0.